The molecular weight excluding hydrogens is 326 g/mol. The van der Waals surface area contributed by atoms with Gasteiger partial charge in [-0.15, -0.1) is 0 Å². The number of rotatable bonds is 4. The first-order valence-corrected chi connectivity index (χ1v) is 8.44. The standard InChI is InChI=1S/C22H19NO3/c1-25-16-12-18-21(20(13-16)26-2)17-10-6-7-11-19(17)23(22(18)24)14-15-8-4-3-5-9-15/h3-13H,14H2,1-2H3. The predicted octanol–water partition coefficient (Wildman–Crippen LogP) is 4.22. The summed E-state index contributed by atoms with van der Waals surface area (Å²) >= 11 is 0. The fourth-order valence-electron chi connectivity index (χ4n) is 3.41. The molecule has 0 saturated heterocycles. The Morgan fingerprint density at radius 2 is 1.58 bits per heavy atom. The van der Waals surface area contributed by atoms with Crippen molar-refractivity contribution in [2.75, 3.05) is 14.2 Å². The zero-order chi connectivity index (χ0) is 18.1. The van der Waals surface area contributed by atoms with Gasteiger partial charge >= 0.3 is 0 Å². The average Bonchev–Trinajstić information content (AvgIpc) is 2.70. The molecule has 0 amide bonds. The van der Waals surface area contributed by atoms with E-state index in [4.69, 9.17) is 9.47 Å². The monoisotopic (exact) mass is 345 g/mol. The summed E-state index contributed by atoms with van der Waals surface area (Å²) in [6.07, 6.45) is 0. The van der Waals surface area contributed by atoms with Gasteiger partial charge in [-0.1, -0.05) is 48.5 Å². The molecule has 1 aromatic heterocycles. The minimum Gasteiger partial charge on any atom is -0.497 e. The third-order valence-electron chi connectivity index (χ3n) is 4.65. The van der Waals surface area contributed by atoms with E-state index in [1.54, 1.807) is 20.3 Å². The second kappa shape index (κ2) is 6.56. The van der Waals surface area contributed by atoms with Crippen LogP contribution in [-0.2, 0) is 6.54 Å². The van der Waals surface area contributed by atoms with Crippen molar-refractivity contribution in [1.29, 1.82) is 0 Å². The Bertz CT molecular complexity index is 1150. The molecule has 0 atom stereocenters. The van der Waals surface area contributed by atoms with E-state index >= 15 is 0 Å². The Labute approximate surface area is 151 Å². The summed E-state index contributed by atoms with van der Waals surface area (Å²) in [6, 6.07) is 21.5. The van der Waals surface area contributed by atoms with Crippen LogP contribution >= 0.6 is 0 Å². The number of aromatic nitrogens is 1. The van der Waals surface area contributed by atoms with Crippen molar-refractivity contribution in [3.05, 3.63) is 82.6 Å². The Hall–Kier alpha value is -3.27. The smallest absolute Gasteiger partial charge is 0.259 e. The normalized spacial score (nSPS) is 11.0. The summed E-state index contributed by atoms with van der Waals surface area (Å²) in [5, 5.41) is 2.39. The SMILES string of the molecule is COc1cc(OC)c2c(c1)c(=O)n(Cc1ccccc1)c1ccccc21. The van der Waals surface area contributed by atoms with Gasteiger partial charge in [0.2, 0.25) is 0 Å². The Morgan fingerprint density at radius 3 is 2.31 bits per heavy atom. The molecule has 0 aliphatic heterocycles. The van der Waals surface area contributed by atoms with Crippen LogP contribution in [-0.4, -0.2) is 18.8 Å². The highest BCUT2D eigenvalue weighted by Gasteiger charge is 2.16. The first-order chi connectivity index (χ1) is 12.7. The third kappa shape index (κ3) is 2.60. The Balaban J connectivity index is 2.11. The van der Waals surface area contributed by atoms with Gasteiger partial charge in [-0.3, -0.25) is 4.79 Å². The van der Waals surface area contributed by atoms with Crippen LogP contribution < -0.4 is 15.0 Å². The fourth-order valence-corrected chi connectivity index (χ4v) is 3.41. The zero-order valence-corrected chi connectivity index (χ0v) is 14.7. The van der Waals surface area contributed by atoms with Crippen LogP contribution in [0.4, 0.5) is 0 Å². The van der Waals surface area contributed by atoms with Crippen LogP contribution in [0.2, 0.25) is 0 Å². The van der Waals surface area contributed by atoms with E-state index in [1.807, 2.05) is 65.2 Å². The minimum absolute atomic E-state index is 0.0558. The van der Waals surface area contributed by atoms with Gasteiger partial charge in [0.05, 0.1) is 31.7 Å². The molecule has 0 N–H and O–H groups in total. The zero-order valence-electron chi connectivity index (χ0n) is 14.7. The van der Waals surface area contributed by atoms with Crippen molar-refractivity contribution in [2.45, 2.75) is 6.54 Å². The molecule has 3 aromatic carbocycles. The first kappa shape index (κ1) is 16.2. The summed E-state index contributed by atoms with van der Waals surface area (Å²) in [6.45, 7) is 0.510. The van der Waals surface area contributed by atoms with E-state index in [1.165, 1.54) is 0 Å². The van der Waals surface area contributed by atoms with E-state index in [2.05, 4.69) is 0 Å². The minimum atomic E-state index is -0.0558. The van der Waals surface area contributed by atoms with Crippen LogP contribution in [0.5, 0.6) is 11.5 Å². The average molecular weight is 345 g/mol. The van der Waals surface area contributed by atoms with E-state index in [-0.39, 0.29) is 5.56 Å². The summed E-state index contributed by atoms with van der Waals surface area (Å²) in [4.78, 5) is 13.3. The Kier molecular flexibility index (Phi) is 4.09. The molecular formula is C22H19NO3. The van der Waals surface area contributed by atoms with Crippen LogP contribution in [0.15, 0.2) is 71.5 Å². The van der Waals surface area contributed by atoms with Crippen molar-refractivity contribution >= 4 is 21.7 Å². The lowest BCUT2D eigenvalue weighted by Crippen LogP contribution is -2.21. The van der Waals surface area contributed by atoms with E-state index in [9.17, 15) is 4.79 Å². The summed E-state index contributed by atoms with van der Waals surface area (Å²) < 4.78 is 12.7. The molecule has 0 spiro atoms. The highest BCUT2D eigenvalue weighted by Crippen LogP contribution is 2.34. The predicted molar refractivity (Wildman–Crippen MR) is 104 cm³/mol. The number of nitrogens with zero attached hydrogens (tertiary/aromatic N) is 1. The molecule has 1 heterocycles. The number of hydrogen-bond donors (Lipinski definition) is 0. The molecule has 4 rings (SSSR count). The van der Waals surface area contributed by atoms with Gasteiger partial charge < -0.3 is 14.0 Å². The van der Waals surface area contributed by atoms with Crippen LogP contribution in [0.25, 0.3) is 21.7 Å². The van der Waals surface area contributed by atoms with Crippen LogP contribution in [0.1, 0.15) is 5.56 Å². The lowest BCUT2D eigenvalue weighted by atomic mass is 10.0. The van der Waals surface area contributed by atoms with Crippen LogP contribution in [0, 0.1) is 0 Å². The van der Waals surface area contributed by atoms with Gasteiger partial charge in [-0.2, -0.15) is 0 Å². The molecule has 4 aromatic rings. The van der Waals surface area contributed by atoms with Crippen molar-refractivity contribution < 1.29 is 9.47 Å². The van der Waals surface area contributed by atoms with Crippen molar-refractivity contribution in [3.63, 3.8) is 0 Å². The Morgan fingerprint density at radius 1 is 0.846 bits per heavy atom. The van der Waals surface area contributed by atoms with Crippen molar-refractivity contribution in [1.82, 2.24) is 4.57 Å². The first-order valence-electron chi connectivity index (χ1n) is 8.44. The molecule has 4 heteroatoms. The molecule has 4 nitrogen and oxygen atoms in total. The van der Waals surface area contributed by atoms with Crippen molar-refractivity contribution in [2.24, 2.45) is 0 Å². The van der Waals surface area contributed by atoms with Gasteiger partial charge in [0.15, 0.2) is 0 Å². The van der Waals surface area contributed by atoms with E-state index in [0.29, 0.717) is 23.4 Å². The lowest BCUT2D eigenvalue weighted by molar-refractivity contribution is 0.398. The van der Waals surface area contributed by atoms with Gasteiger partial charge in [0.25, 0.3) is 5.56 Å². The molecule has 0 fully saturated rings. The largest absolute Gasteiger partial charge is 0.497 e. The number of pyridine rings is 1. The molecule has 0 radical (unpaired) electrons. The van der Waals surface area contributed by atoms with E-state index in [0.717, 1.165) is 21.9 Å². The number of fused-ring (bicyclic) bond motifs is 3. The molecule has 0 bridgehead atoms. The maximum Gasteiger partial charge on any atom is 0.259 e. The second-order valence-electron chi connectivity index (χ2n) is 6.15. The number of benzene rings is 3. The third-order valence-corrected chi connectivity index (χ3v) is 4.65. The molecule has 0 aliphatic rings. The number of ether oxygens (including phenoxy) is 2. The number of methoxy groups -OCH3 is 2. The topological polar surface area (TPSA) is 40.5 Å². The van der Waals surface area contributed by atoms with Gasteiger partial charge in [-0.05, 0) is 17.7 Å². The molecule has 26 heavy (non-hydrogen) atoms. The fraction of sp³-hybridized carbons (Fsp3) is 0.136. The summed E-state index contributed by atoms with van der Waals surface area (Å²) in [7, 11) is 3.20. The molecule has 0 saturated carbocycles. The highest BCUT2D eigenvalue weighted by atomic mass is 16.5. The lowest BCUT2D eigenvalue weighted by Gasteiger charge is -2.16. The van der Waals surface area contributed by atoms with Gasteiger partial charge in [-0.25, -0.2) is 0 Å². The molecule has 130 valence electrons. The van der Waals surface area contributed by atoms with Crippen molar-refractivity contribution in [3.8, 4) is 11.5 Å². The van der Waals surface area contributed by atoms with E-state index < -0.39 is 0 Å². The van der Waals surface area contributed by atoms with Gasteiger partial charge in [0, 0.05) is 16.8 Å². The van der Waals surface area contributed by atoms with Crippen LogP contribution in [0.3, 0.4) is 0 Å². The second-order valence-corrected chi connectivity index (χ2v) is 6.15. The number of para-hydroxylation sites is 1. The quantitative estimate of drug-likeness (QED) is 0.520. The maximum atomic E-state index is 13.3. The number of hydrogen-bond acceptors (Lipinski definition) is 3. The molecule has 0 unspecified atom stereocenters. The highest BCUT2D eigenvalue weighted by molar-refractivity contribution is 6.09. The van der Waals surface area contributed by atoms with Gasteiger partial charge in [0.1, 0.15) is 11.5 Å². The summed E-state index contributed by atoms with van der Waals surface area (Å²) in [5.74, 6) is 1.24. The maximum absolute atomic E-state index is 13.3. The molecule has 0 aliphatic carbocycles. The summed E-state index contributed by atoms with van der Waals surface area (Å²) in [5.41, 5.74) is 1.91.